The average molecular weight is 294 g/mol. The highest BCUT2D eigenvalue weighted by Gasteiger charge is 2.42. The van der Waals surface area contributed by atoms with Crippen molar-refractivity contribution in [2.45, 2.75) is 24.9 Å². The van der Waals surface area contributed by atoms with E-state index >= 15 is 0 Å². The molecule has 2 aliphatic heterocycles. The Morgan fingerprint density at radius 2 is 1.86 bits per heavy atom. The van der Waals surface area contributed by atoms with Gasteiger partial charge >= 0.3 is 0 Å². The van der Waals surface area contributed by atoms with Gasteiger partial charge in [0.2, 0.25) is 0 Å². The van der Waals surface area contributed by atoms with Crippen molar-refractivity contribution in [3.8, 4) is 16.9 Å². The Morgan fingerprint density at radius 1 is 1.00 bits per heavy atom. The molecule has 1 atom stereocenters. The van der Waals surface area contributed by atoms with Gasteiger partial charge in [-0.25, -0.2) is 0 Å². The quantitative estimate of drug-likeness (QED) is 0.801. The summed E-state index contributed by atoms with van der Waals surface area (Å²) in [7, 11) is 0. The first-order chi connectivity index (χ1) is 10.8. The number of carbonyl (C=O) groups is 1. The van der Waals surface area contributed by atoms with E-state index in [9.17, 15) is 4.79 Å². The summed E-state index contributed by atoms with van der Waals surface area (Å²) in [6, 6.07) is 16.0. The van der Waals surface area contributed by atoms with Crippen molar-refractivity contribution in [3.63, 3.8) is 0 Å². The van der Waals surface area contributed by atoms with Crippen molar-refractivity contribution in [2.24, 2.45) is 0 Å². The first-order valence-corrected chi connectivity index (χ1v) is 7.75. The maximum Gasteiger partial charge on any atom is 0.170 e. The second kappa shape index (κ2) is 5.25. The molecule has 1 fully saturated rings. The fourth-order valence-corrected chi connectivity index (χ4v) is 3.35. The largest absolute Gasteiger partial charge is 0.484 e. The average Bonchev–Trinajstić information content (AvgIpc) is 2.56. The zero-order chi connectivity index (χ0) is 15.0. The number of rotatable bonds is 1. The van der Waals surface area contributed by atoms with Crippen molar-refractivity contribution in [1.82, 2.24) is 0 Å². The zero-order valence-electron chi connectivity index (χ0n) is 12.4. The summed E-state index contributed by atoms with van der Waals surface area (Å²) >= 11 is 0. The van der Waals surface area contributed by atoms with Crippen LogP contribution >= 0.6 is 0 Å². The van der Waals surface area contributed by atoms with Crippen LogP contribution in [0.1, 0.15) is 29.6 Å². The van der Waals surface area contributed by atoms with Crippen LogP contribution in [0.5, 0.6) is 5.75 Å². The molecule has 1 saturated heterocycles. The Morgan fingerprint density at radius 3 is 2.64 bits per heavy atom. The van der Waals surface area contributed by atoms with Crippen LogP contribution in [0.15, 0.2) is 48.5 Å². The Kier molecular flexibility index (Phi) is 3.23. The number of Topliss-reactive ketones (excluding diaryl/α,β-unsaturated/α-hetero) is 1. The highest BCUT2D eigenvalue weighted by Crippen LogP contribution is 2.39. The minimum atomic E-state index is -0.448. The number of hydrogen-bond acceptors (Lipinski definition) is 3. The second-order valence-electron chi connectivity index (χ2n) is 6.12. The van der Waals surface area contributed by atoms with Crippen molar-refractivity contribution in [3.05, 3.63) is 54.1 Å². The fraction of sp³-hybridized carbons (Fsp3) is 0.316. The first-order valence-electron chi connectivity index (χ1n) is 7.75. The van der Waals surface area contributed by atoms with Crippen LogP contribution in [0, 0.1) is 0 Å². The molecule has 1 spiro atoms. The molecule has 2 heterocycles. The van der Waals surface area contributed by atoms with Crippen molar-refractivity contribution in [1.29, 1.82) is 0 Å². The van der Waals surface area contributed by atoms with Crippen LogP contribution < -0.4 is 4.74 Å². The van der Waals surface area contributed by atoms with E-state index in [0.29, 0.717) is 24.3 Å². The fourth-order valence-electron chi connectivity index (χ4n) is 3.35. The van der Waals surface area contributed by atoms with Crippen LogP contribution in [0.25, 0.3) is 11.1 Å². The minimum absolute atomic E-state index is 0.157. The van der Waals surface area contributed by atoms with E-state index in [1.165, 1.54) is 0 Å². The molecule has 0 saturated carbocycles. The van der Waals surface area contributed by atoms with Gasteiger partial charge in [0.1, 0.15) is 11.4 Å². The maximum absolute atomic E-state index is 12.6. The van der Waals surface area contributed by atoms with Gasteiger partial charge in [-0.1, -0.05) is 36.4 Å². The number of ketones is 1. The van der Waals surface area contributed by atoms with Gasteiger partial charge in [0.25, 0.3) is 0 Å². The molecule has 2 aromatic carbocycles. The molecular formula is C19H18O3. The van der Waals surface area contributed by atoms with Crippen LogP contribution in [0.3, 0.4) is 0 Å². The molecule has 0 radical (unpaired) electrons. The molecule has 0 bridgehead atoms. The summed E-state index contributed by atoms with van der Waals surface area (Å²) in [5.41, 5.74) is 2.40. The predicted octanol–water partition coefficient (Wildman–Crippen LogP) is 3.87. The summed E-state index contributed by atoms with van der Waals surface area (Å²) in [5.74, 6) is 0.853. The topological polar surface area (TPSA) is 35.5 Å². The molecular weight excluding hydrogens is 276 g/mol. The lowest BCUT2D eigenvalue weighted by atomic mass is 9.85. The first kappa shape index (κ1) is 13.5. The summed E-state index contributed by atoms with van der Waals surface area (Å²) in [5, 5.41) is 0. The predicted molar refractivity (Wildman–Crippen MR) is 84.2 cm³/mol. The molecule has 4 rings (SSSR count). The molecule has 3 nitrogen and oxygen atoms in total. The smallest absolute Gasteiger partial charge is 0.170 e. The van der Waals surface area contributed by atoms with Gasteiger partial charge in [-0.2, -0.15) is 0 Å². The van der Waals surface area contributed by atoms with E-state index in [2.05, 4.69) is 0 Å². The van der Waals surface area contributed by atoms with E-state index in [4.69, 9.17) is 9.47 Å². The Balaban J connectivity index is 1.70. The summed E-state index contributed by atoms with van der Waals surface area (Å²) in [6.07, 6.45) is 2.25. The SMILES string of the molecule is O=C1CC2(CCCOC2)Oc2ccc(-c3ccccc3)cc21. The molecule has 3 heteroatoms. The number of ether oxygens (including phenoxy) is 2. The van der Waals surface area contributed by atoms with E-state index in [-0.39, 0.29) is 5.78 Å². The third-order valence-electron chi connectivity index (χ3n) is 4.48. The van der Waals surface area contributed by atoms with Gasteiger partial charge in [-0.15, -0.1) is 0 Å². The molecule has 112 valence electrons. The maximum atomic E-state index is 12.6. The number of fused-ring (bicyclic) bond motifs is 1. The lowest BCUT2D eigenvalue weighted by Gasteiger charge is -2.40. The number of hydrogen-bond donors (Lipinski definition) is 0. The Labute approximate surface area is 129 Å². The van der Waals surface area contributed by atoms with Gasteiger partial charge in [0.15, 0.2) is 5.78 Å². The third kappa shape index (κ3) is 2.32. The van der Waals surface area contributed by atoms with Gasteiger partial charge < -0.3 is 9.47 Å². The second-order valence-corrected chi connectivity index (χ2v) is 6.12. The highest BCUT2D eigenvalue weighted by molar-refractivity contribution is 6.01. The van der Waals surface area contributed by atoms with Gasteiger partial charge in [0, 0.05) is 6.61 Å². The molecule has 2 aliphatic rings. The zero-order valence-corrected chi connectivity index (χ0v) is 12.4. The van der Waals surface area contributed by atoms with Crippen LogP contribution in [-0.2, 0) is 4.74 Å². The standard InChI is InChI=1S/C19H18O3/c20-17-12-19(9-4-10-21-13-19)22-18-8-7-15(11-16(17)18)14-5-2-1-3-6-14/h1-3,5-8,11H,4,9-10,12-13H2. The molecule has 2 aromatic rings. The molecule has 1 unspecified atom stereocenters. The van der Waals surface area contributed by atoms with Gasteiger partial charge in [-0.05, 0) is 36.1 Å². The molecule has 0 N–H and O–H groups in total. The molecule has 0 aromatic heterocycles. The lowest BCUT2D eigenvalue weighted by molar-refractivity contribution is -0.0715. The Bertz CT molecular complexity index is 700. The Hall–Kier alpha value is -2.13. The van der Waals surface area contributed by atoms with E-state index in [0.717, 1.165) is 30.6 Å². The summed E-state index contributed by atoms with van der Waals surface area (Å²) in [6.45, 7) is 1.28. The normalized spacial score (nSPS) is 23.9. The lowest BCUT2D eigenvalue weighted by Crippen LogP contribution is -2.48. The number of carbonyl (C=O) groups excluding carboxylic acids is 1. The minimum Gasteiger partial charge on any atom is -0.484 e. The van der Waals surface area contributed by atoms with E-state index < -0.39 is 5.60 Å². The van der Waals surface area contributed by atoms with Gasteiger partial charge in [0.05, 0.1) is 18.6 Å². The molecule has 0 aliphatic carbocycles. The van der Waals surface area contributed by atoms with Crippen LogP contribution in [0.2, 0.25) is 0 Å². The van der Waals surface area contributed by atoms with Crippen LogP contribution in [0.4, 0.5) is 0 Å². The molecule has 0 amide bonds. The van der Waals surface area contributed by atoms with Crippen molar-refractivity contribution in [2.75, 3.05) is 13.2 Å². The molecule has 22 heavy (non-hydrogen) atoms. The van der Waals surface area contributed by atoms with Gasteiger partial charge in [-0.3, -0.25) is 4.79 Å². The summed E-state index contributed by atoms with van der Waals surface area (Å²) < 4.78 is 11.7. The van der Waals surface area contributed by atoms with E-state index in [1.54, 1.807) is 0 Å². The van der Waals surface area contributed by atoms with Crippen LogP contribution in [-0.4, -0.2) is 24.6 Å². The van der Waals surface area contributed by atoms with E-state index in [1.807, 2.05) is 48.5 Å². The number of benzene rings is 2. The summed E-state index contributed by atoms with van der Waals surface area (Å²) in [4.78, 5) is 12.6. The highest BCUT2D eigenvalue weighted by atomic mass is 16.5. The third-order valence-corrected chi connectivity index (χ3v) is 4.48. The van der Waals surface area contributed by atoms with Crippen molar-refractivity contribution < 1.29 is 14.3 Å². The van der Waals surface area contributed by atoms with Crippen molar-refractivity contribution >= 4 is 5.78 Å². The monoisotopic (exact) mass is 294 g/mol.